The molecule has 0 aliphatic rings. The fraction of sp³-hybridized carbons (Fsp3) is 0.143. The van der Waals surface area contributed by atoms with Crippen LogP contribution in [0.4, 0.5) is 17.6 Å². The zero-order chi connectivity index (χ0) is 14.9. The van der Waals surface area contributed by atoms with Gasteiger partial charge in [0.05, 0.1) is 6.04 Å². The normalized spacial score (nSPS) is 12.5. The fourth-order valence-corrected chi connectivity index (χ4v) is 1.98. The van der Waals surface area contributed by atoms with Crippen LogP contribution in [0.5, 0.6) is 0 Å². The van der Waals surface area contributed by atoms with Crippen LogP contribution in [0.2, 0.25) is 0 Å². The van der Waals surface area contributed by atoms with E-state index in [1.54, 1.807) is 0 Å². The van der Waals surface area contributed by atoms with E-state index in [-0.39, 0.29) is 16.7 Å². The van der Waals surface area contributed by atoms with Crippen LogP contribution in [0.1, 0.15) is 22.7 Å². The summed E-state index contributed by atoms with van der Waals surface area (Å²) in [6.07, 6.45) is 0. The largest absolute Gasteiger partial charge is 0.271 e. The number of hydrazine groups is 1. The van der Waals surface area contributed by atoms with Gasteiger partial charge in [-0.2, -0.15) is 0 Å². The molecule has 0 aromatic heterocycles. The van der Waals surface area contributed by atoms with Crippen LogP contribution in [0.3, 0.4) is 0 Å². The first-order valence-electron chi connectivity index (χ1n) is 5.80. The molecule has 0 saturated carbocycles. The molecule has 2 rings (SSSR count). The number of halogens is 4. The van der Waals surface area contributed by atoms with E-state index in [9.17, 15) is 17.6 Å². The molecule has 1 atom stereocenters. The van der Waals surface area contributed by atoms with Crippen LogP contribution >= 0.6 is 0 Å². The van der Waals surface area contributed by atoms with Gasteiger partial charge in [0, 0.05) is 23.3 Å². The molecule has 0 radical (unpaired) electrons. The van der Waals surface area contributed by atoms with Crippen LogP contribution in [0.25, 0.3) is 0 Å². The van der Waals surface area contributed by atoms with Crippen LogP contribution in [0.15, 0.2) is 30.3 Å². The highest BCUT2D eigenvalue weighted by Gasteiger charge is 2.21. The van der Waals surface area contributed by atoms with Crippen LogP contribution in [-0.2, 0) is 0 Å². The molecule has 0 bridgehead atoms. The van der Waals surface area contributed by atoms with Crippen LogP contribution < -0.4 is 11.3 Å². The highest BCUT2D eigenvalue weighted by molar-refractivity contribution is 5.36. The minimum Gasteiger partial charge on any atom is -0.271 e. The Hall–Kier alpha value is -1.92. The molecule has 0 heterocycles. The third-order valence-electron chi connectivity index (χ3n) is 3.03. The Kier molecular flexibility index (Phi) is 4.06. The Morgan fingerprint density at radius 1 is 0.900 bits per heavy atom. The van der Waals surface area contributed by atoms with Gasteiger partial charge in [-0.25, -0.2) is 23.0 Å². The lowest BCUT2D eigenvalue weighted by molar-refractivity contribution is 0.514. The predicted octanol–water partition coefficient (Wildman–Crippen LogP) is 3.10. The van der Waals surface area contributed by atoms with Crippen molar-refractivity contribution in [3.63, 3.8) is 0 Å². The lowest BCUT2D eigenvalue weighted by Gasteiger charge is -2.19. The third kappa shape index (κ3) is 2.66. The van der Waals surface area contributed by atoms with E-state index in [4.69, 9.17) is 5.84 Å². The van der Waals surface area contributed by atoms with E-state index in [2.05, 4.69) is 5.43 Å². The first-order chi connectivity index (χ1) is 9.43. The lowest BCUT2D eigenvalue weighted by Crippen LogP contribution is -2.30. The van der Waals surface area contributed by atoms with Crippen molar-refractivity contribution in [2.75, 3.05) is 0 Å². The quantitative estimate of drug-likeness (QED) is 0.516. The van der Waals surface area contributed by atoms with Gasteiger partial charge in [-0.1, -0.05) is 6.07 Å². The number of hydrogen-bond acceptors (Lipinski definition) is 2. The zero-order valence-corrected chi connectivity index (χ0v) is 10.6. The SMILES string of the molecule is Cc1cc(C(NN)c2ccc(F)cc2F)c(F)cc1F. The number of rotatable bonds is 3. The molecular weight excluding hydrogens is 272 g/mol. The molecule has 2 nitrogen and oxygen atoms in total. The fourth-order valence-electron chi connectivity index (χ4n) is 1.98. The summed E-state index contributed by atoms with van der Waals surface area (Å²) >= 11 is 0. The average Bonchev–Trinajstić information content (AvgIpc) is 2.38. The zero-order valence-electron chi connectivity index (χ0n) is 10.6. The minimum atomic E-state index is -1.05. The summed E-state index contributed by atoms with van der Waals surface area (Å²) in [5.74, 6) is 2.14. The van der Waals surface area contributed by atoms with Gasteiger partial charge < -0.3 is 0 Å². The molecule has 106 valence electrons. The first-order valence-corrected chi connectivity index (χ1v) is 5.80. The smallest absolute Gasteiger partial charge is 0.131 e. The molecule has 0 fully saturated rings. The molecule has 0 saturated heterocycles. The van der Waals surface area contributed by atoms with Gasteiger partial charge in [0.2, 0.25) is 0 Å². The number of benzene rings is 2. The monoisotopic (exact) mass is 284 g/mol. The van der Waals surface area contributed by atoms with Crippen LogP contribution in [0, 0.1) is 30.2 Å². The molecule has 6 heteroatoms. The summed E-state index contributed by atoms with van der Waals surface area (Å²) in [7, 11) is 0. The summed E-state index contributed by atoms with van der Waals surface area (Å²) in [4.78, 5) is 0. The Morgan fingerprint density at radius 2 is 1.55 bits per heavy atom. The van der Waals surface area contributed by atoms with Crippen LogP contribution in [-0.4, -0.2) is 0 Å². The maximum Gasteiger partial charge on any atom is 0.131 e. The minimum absolute atomic E-state index is 0.0168. The van der Waals surface area contributed by atoms with E-state index >= 15 is 0 Å². The molecule has 3 N–H and O–H groups in total. The van der Waals surface area contributed by atoms with Crippen molar-refractivity contribution in [1.82, 2.24) is 5.43 Å². The predicted molar refractivity (Wildman–Crippen MR) is 66.6 cm³/mol. The third-order valence-corrected chi connectivity index (χ3v) is 3.03. The summed E-state index contributed by atoms with van der Waals surface area (Å²) in [5, 5.41) is 0. The standard InChI is InChI=1S/C14H12F4N2/c1-7-4-10(13(18)6-11(7)16)14(20-19)9-3-2-8(15)5-12(9)17/h2-6,14,20H,19H2,1H3. The van der Waals surface area contributed by atoms with Crippen molar-refractivity contribution in [3.05, 3.63) is 70.3 Å². The second-order valence-corrected chi connectivity index (χ2v) is 4.39. The van der Waals surface area contributed by atoms with E-state index in [1.165, 1.54) is 13.0 Å². The number of nitrogens with two attached hydrogens (primary N) is 1. The van der Waals surface area contributed by atoms with Crippen molar-refractivity contribution >= 4 is 0 Å². The van der Waals surface area contributed by atoms with E-state index in [0.29, 0.717) is 12.1 Å². The second-order valence-electron chi connectivity index (χ2n) is 4.39. The highest BCUT2D eigenvalue weighted by atomic mass is 19.1. The molecule has 1 unspecified atom stereocenters. The molecule has 0 amide bonds. The van der Waals surface area contributed by atoms with E-state index < -0.39 is 29.3 Å². The van der Waals surface area contributed by atoms with Crippen molar-refractivity contribution in [1.29, 1.82) is 0 Å². The highest BCUT2D eigenvalue weighted by Crippen LogP contribution is 2.28. The Morgan fingerprint density at radius 3 is 2.15 bits per heavy atom. The number of aryl methyl sites for hydroxylation is 1. The van der Waals surface area contributed by atoms with E-state index in [1.807, 2.05) is 0 Å². The van der Waals surface area contributed by atoms with Gasteiger partial charge in [0.15, 0.2) is 0 Å². The van der Waals surface area contributed by atoms with Crippen molar-refractivity contribution in [2.24, 2.45) is 5.84 Å². The van der Waals surface area contributed by atoms with Gasteiger partial charge in [0.1, 0.15) is 23.3 Å². The number of nitrogens with one attached hydrogen (secondary N) is 1. The summed E-state index contributed by atoms with van der Waals surface area (Å²) in [6.45, 7) is 1.45. The maximum atomic E-state index is 13.8. The van der Waals surface area contributed by atoms with Gasteiger partial charge in [-0.05, 0) is 24.6 Å². The second kappa shape index (κ2) is 5.60. The lowest BCUT2D eigenvalue weighted by atomic mass is 9.96. The van der Waals surface area contributed by atoms with Gasteiger partial charge in [-0.15, -0.1) is 0 Å². The van der Waals surface area contributed by atoms with Gasteiger partial charge in [0.25, 0.3) is 0 Å². The molecule has 0 aliphatic heterocycles. The Balaban J connectivity index is 2.55. The Bertz CT molecular complexity index is 643. The number of hydrogen-bond donors (Lipinski definition) is 2. The molecule has 0 aliphatic carbocycles. The van der Waals surface area contributed by atoms with Crippen molar-refractivity contribution < 1.29 is 17.6 Å². The summed E-state index contributed by atoms with van der Waals surface area (Å²) in [6, 6.07) is 3.77. The first kappa shape index (κ1) is 14.5. The Labute approximate surface area is 113 Å². The van der Waals surface area contributed by atoms with Gasteiger partial charge >= 0.3 is 0 Å². The summed E-state index contributed by atoms with van der Waals surface area (Å²) in [5.41, 5.74) is 2.41. The summed E-state index contributed by atoms with van der Waals surface area (Å²) < 4.78 is 53.7. The molecule has 20 heavy (non-hydrogen) atoms. The van der Waals surface area contributed by atoms with Gasteiger partial charge in [-0.3, -0.25) is 5.84 Å². The topological polar surface area (TPSA) is 38.0 Å². The molecule has 2 aromatic rings. The van der Waals surface area contributed by atoms with Crippen molar-refractivity contribution in [2.45, 2.75) is 13.0 Å². The molecular formula is C14H12F4N2. The van der Waals surface area contributed by atoms with Crippen molar-refractivity contribution in [3.8, 4) is 0 Å². The maximum absolute atomic E-state index is 13.8. The van der Waals surface area contributed by atoms with E-state index in [0.717, 1.165) is 12.1 Å². The molecule has 2 aromatic carbocycles. The average molecular weight is 284 g/mol. The molecule has 0 spiro atoms.